The average Bonchev–Trinajstić information content (AvgIpc) is 2.44. The second kappa shape index (κ2) is 6.45. The maximum Gasteiger partial charge on any atom is 0.262 e. The Balaban J connectivity index is 1.99. The number of carbonyl (C=O) groups excluding carboxylic acids is 1. The van der Waals surface area contributed by atoms with Gasteiger partial charge in [-0.3, -0.25) is 4.79 Å². The smallest absolute Gasteiger partial charge is 0.262 e. The summed E-state index contributed by atoms with van der Waals surface area (Å²) in [5, 5.41) is 2.60. The standard InChI is InChI=1S/C15H14ClFN2O2/c1-9-5-6-10(18)7-12(9)19-14(20)8-21-13-4-2-3-11(16)15(13)17/h2-7H,8,18H2,1H3,(H,19,20). The van der Waals surface area contributed by atoms with E-state index in [1.54, 1.807) is 24.3 Å². The van der Waals surface area contributed by atoms with Crippen LogP contribution in [0.2, 0.25) is 5.02 Å². The second-order valence-electron chi connectivity index (χ2n) is 4.46. The van der Waals surface area contributed by atoms with Gasteiger partial charge in [-0.1, -0.05) is 23.7 Å². The summed E-state index contributed by atoms with van der Waals surface area (Å²) in [7, 11) is 0. The topological polar surface area (TPSA) is 64.3 Å². The van der Waals surface area contributed by atoms with Gasteiger partial charge in [-0.15, -0.1) is 0 Å². The lowest BCUT2D eigenvalue weighted by Crippen LogP contribution is -2.21. The molecule has 2 aromatic rings. The summed E-state index contributed by atoms with van der Waals surface area (Å²) in [5.41, 5.74) is 7.66. The molecular formula is C15H14ClFN2O2. The first-order chi connectivity index (χ1) is 9.97. The van der Waals surface area contributed by atoms with Crippen molar-refractivity contribution in [1.82, 2.24) is 0 Å². The molecule has 0 spiro atoms. The Hall–Kier alpha value is -2.27. The van der Waals surface area contributed by atoms with E-state index < -0.39 is 11.7 Å². The van der Waals surface area contributed by atoms with Crippen molar-refractivity contribution in [2.24, 2.45) is 0 Å². The molecule has 0 aliphatic heterocycles. The minimum atomic E-state index is -0.688. The van der Waals surface area contributed by atoms with Gasteiger partial charge in [0.2, 0.25) is 0 Å². The van der Waals surface area contributed by atoms with E-state index in [-0.39, 0.29) is 17.4 Å². The highest BCUT2D eigenvalue weighted by Gasteiger charge is 2.10. The van der Waals surface area contributed by atoms with Gasteiger partial charge < -0.3 is 15.8 Å². The highest BCUT2D eigenvalue weighted by atomic mass is 35.5. The second-order valence-corrected chi connectivity index (χ2v) is 4.87. The number of nitrogens with one attached hydrogen (secondary N) is 1. The SMILES string of the molecule is Cc1ccc(N)cc1NC(=O)COc1cccc(Cl)c1F. The fraction of sp³-hybridized carbons (Fsp3) is 0.133. The number of halogens is 2. The number of aryl methyl sites for hydroxylation is 1. The first-order valence-corrected chi connectivity index (χ1v) is 6.58. The summed E-state index contributed by atoms with van der Waals surface area (Å²) in [5.74, 6) is -1.17. The number of anilines is 2. The lowest BCUT2D eigenvalue weighted by molar-refractivity contribution is -0.118. The van der Waals surface area contributed by atoms with Crippen molar-refractivity contribution in [2.45, 2.75) is 6.92 Å². The van der Waals surface area contributed by atoms with Gasteiger partial charge in [0, 0.05) is 11.4 Å². The lowest BCUT2D eigenvalue weighted by Gasteiger charge is -2.11. The Morgan fingerprint density at radius 3 is 2.90 bits per heavy atom. The van der Waals surface area contributed by atoms with E-state index in [9.17, 15) is 9.18 Å². The van der Waals surface area contributed by atoms with Crippen molar-refractivity contribution in [3.63, 3.8) is 0 Å². The van der Waals surface area contributed by atoms with E-state index in [0.717, 1.165) is 5.56 Å². The number of ether oxygens (including phenoxy) is 1. The van der Waals surface area contributed by atoms with Gasteiger partial charge in [0.05, 0.1) is 5.02 Å². The summed E-state index contributed by atoms with van der Waals surface area (Å²) >= 11 is 5.63. The number of carbonyl (C=O) groups is 1. The number of benzene rings is 2. The van der Waals surface area contributed by atoms with Crippen LogP contribution in [-0.2, 0) is 4.79 Å². The number of hydrogen-bond acceptors (Lipinski definition) is 3. The van der Waals surface area contributed by atoms with E-state index in [2.05, 4.69) is 5.32 Å². The first-order valence-electron chi connectivity index (χ1n) is 6.20. The summed E-state index contributed by atoms with van der Waals surface area (Å²) in [6.45, 7) is 1.51. The molecule has 0 heterocycles. The van der Waals surface area contributed by atoms with Crippen LogP contribution in [0.4, 0.5) is 15.8 Å². The summed E-state index contributed by atoms with van der Waals surface area (Å²) < 4.78 is 18.7. The average molecular weight is 309 g/mol. The van der Waals surface area contributed by atoms with Crippen molar-refractivity contribution in [3.8, 4) is 5.75 Å². The van der Waals surface area contributed by atoms with Crippen LogP contribution in [0.1, 0.15) is 5.56 Å². The van der Waals surface area contributed by atoms with Gasteiger partial charge in [0.15, 0.2) is 18.2 Å². The van der Waals surface area contributed by atoms with Crippen molar-refractivity contribution >= 4 is 28.9 Å². The molecule has 2 rings (SSSR count). The highest BCUT2D eigenvalue weighted by molar-refractivity contribution is 6.30. The molecule has 0 atom stereocenters. The third kappa shape index (κ3) is 3.86. The van der Waals surface area contributed by atoms with Crippen LogP contribution in [0, 0.1) is 12.7 Å². The highest BCUT2D eigenvalue weighted by Crippen LogP contribution is 2.24. The molecule has 21 heavy (non-hydrogen) atoms. The van der Waals surface area contributed by atoms with Crippen LogP contribution in [0.25, 0.3) is 0 Å². The van der Waals surface area contributed by atoms with Crippen LogP contribution in [0.15, 0.2) is 36.4 Å². The third-order valence-corrected chi connectivity index (χ3v) is 3.10. The zero-order chi connectivity index (χ0) is 15.4. The molecule has 4 nitrogen and oxygen atoms in total. The van der Waals surface area contributed by atoms with Crippen molar-refractivity contribution in [1.29, 1.82) is 0 Å². The molecular weight excluding hydrogens is 295 g/mol. The normalized spacial score (nSPS) is 10.2. The number of hydrogen-bond donors (Lipinski definition) is 2. The number of amides is 1. The van der Waals surface area contributed by atoms with Gasteiger partial charge >= 0.3 is 0 Å². The first kappa shape index (κ1) is 15.1. The summed E-state index contributed by atoms with van der Waals surface area (Å²) in [4.78, 5) is 11.8. The van der Waals surface area contributed by atoms with Crippen LogP contribution in [-0.4, -0.2) is 12.5 Å². The zero-order valence-electron chi connectivity index (χ0n) is 11.3. The molecule has 0 saturated carbocycles. The molecule has 0 bridgehead atoms. The predicted molar refractivity (Wildman–Crippen MR) is 81.1 cm³/mol. The third-order valence-electron chi connectivity index (χ3n) is 2.81. The Kier molecular flexibility index (Phi) is 4.65. The maximum atomic E-state index is 13.6. The lowest BCUT2D eigenvalue weighted by atomic mass is 10.2. The number of nitrogens with two attached hydrogens (primary N) is 1. The summed E-state index contributed by atoms with van der Waals surface area (Å²) in [6, 6.07) is 9.53. The molecule has 0 aromatic heterocycles. The van der Waals surface area contributed by atoms with Crippen LogP contribution < -0.4 is 15.8 Å². The van der Waals surface area contributed by atoms with Gasteiger partial charge in [-0.05, 0) is 36.8 Å². The van der Waals surface area contributed by atoms with E-state index >= 15 is 0 Å². The van der Waals surface area contributed by atoms with E-state index in [1.807, 2.05) is 6.92 Å². The largest absolute Gasteiger partial charge is 0.481 e. The van der Waals surface area contributed by atoms with Crippen molar-refractivity contribution in [3.05, 3.63) is 52.8 Å². The molecule has 0 radical (unpaired) electrons. The molecule has 1 amide bonds. The Bertz CT molecular complexity index is 677. The van der Waals surface area contributed by atoms with E-state index in [1.165, 1.54) is 12.1 Å². The predicted octanol–water partition coefficient (Wildman–Crippen LogP) is 3.39. The number of rotatable bonds is 4. The van der Waals surface area contributed by atoms with Gasteiger partial charge in [-0.2, -0.15) is 0 Å². The van der Waals surface area contributed by atoms with Crippen LogP contribution in [0.5, 0.6) is 5.75 Å². The molecule has 6 heteroatoms. The molecule has 0 aliphatic rings. The number of nitrogen functional groups attached to an aromatic ring is 1. The summed E-state index contributed by atoms with van der Waals surface area (Å²) in [6.07, 6.45) is 0. The van der Waals surface area contributed by atoms with Crippen molar-refractivity contribution < 1.29 is 13.9 Å². The Labute approximate surface area is 126 Å². The fourth-order valence-corrected chi connectivity index (χ4v) is 1.87. The monoisotopic (exact) mass is 308 g/mol. The molecule has 0 fully saturated rings. The Morgan fingerprint density at radius 2 is 2.14 bits per heavy atom. The molecule has 0 saturated heterocycles. The minimum absolute atomic E-state index is 0.0559. The maximum absolute atomic E-state index is 13.6. The van der Waals surface area contributed by atoms with Crippen molar-refractivity contribution in [2.75, 3.05) is 17.7 Å². The van der Waals surface area contributed by atoms with Crippen LogP contribution >= 0.6 is 11.6 Å². The van der Waals surface area contributed by atoms with Gasteiger partial charge in [-0.25, -0.2) is 4.39 Å². The Morgan fingerprint density at radius 1 is 1.38 bits per heavy atom. The molecule has 3 N–H and O–H groups in total. The van der Waals surface area contributed by atoms with E-state index in [4.69, 9.17) is 22.1 Å². The quantitative estimate of drug-likeness (QED) is 0.851. The zero-order valence-corrected chi connectivity index (χ0v) is 12.1. The van der Waals surface area contributed by atoms with E-state index in [0.29, 0.717) is 11.4 Å². The molecule has 0 aliphatic carbocycles. The minimum Gasteiger partial charge on any atom is -0.481 e. The molecule has 0 unspecified atom stereocenters. The van der Waals surface area contributed by atoms with Gasteiger partial charge in [0.25, 0.3) is 5.91 Å². The fourth-order valence-electron chi connectivity index (χ4n) is 1.70. The molecule has 2 aromatic carbocycles. The van der Waals surface area contributed by atoms with Gasteiger partial charge in [0.1, 0.15) is 0 Å². The molecule has 110 valence electrons. The van der Waals surface area contributed by atoms with Crippen LogP contribution in [0.3, 0.4) is 0 Å².